The maximum Gasteiger partial charge on any atom is 0.461 e. The Labute approximate surface area is 219 Å². The molecule has 0 saturated carbocycles. The van der Waals surface area contributed by atoms with Crippen LogP contribution in [0, 0.1) is 0 Å². The molecule has 1 aromatic heterocycles. The zero-order chi connectivity index (χ0) is 28.2. The van der Waals surface area contributed by atoms with Crippen molar-refractivity contribution in [1.82, 2.24) is 9.97 Å². The number of aromatic nitrogens is 2. The maximum atomic E-state index is 13.3. The highest BCUT2D eigenvalue weighted by atomic mass is 19.4. The molecule has 0 bridgehead atoms. The monoisotopic (exact) mass is 559 g/mol. The molecule has 0 saturated heterocycles. The summed E-state index contributed by atoms with van der Waals surface area (Å²) in [6.07, 6.45) is -11.4. The number of aliphatic hydroxyl groups is 1. The Hall–Kier alpha value is -3.61. The molecule has 6 nitrogen and oxygen atoms in total. The summed E-state index contributed by atoms with van der Waals surface area (Å²) in [5.41, 5.74) is 2.47. The number of nitrogens with zero attached hydrogens (tertiary/aromatic N) is 3. The number of hydrogen-bond donors (Lipinski definition) is 1. The van der Waals surface area contributed by atoms with Crippen molar-refractivity contribution in [1.29, 1.82) is 0 Å². The lowest BCUT2D eigenvalue weighted by atomic mass is 9.92. The molecule has 1 atom stereocenters. The number of alkyl halides is 7. The molecule has 1 aliphatic rings. The van der Waals surface area contributed by atoms with E-state index in [-0.39, 0.29) is 17.4 Å². The van der Waals surface area contributed by atoms with Gasteiger partial charge < -0.3 is 19.5 Å². The van der Waals surface area contributed by atoms with Crippen molar-refractivity contribution in [2.45, 2.75) is 57.0 Å². The van der Waals surface area contributed by atoms with E-state index in [1.807, 2.05) is 12.1 Å². The van der Waals surface area contributed by atoms with Crippen molar-refractivity contribution in [3.05, 3.63) is 71.4 Å². The number of anilines is 1. The van der Waals surface area contributed by atoms with Crippen molar-refractivity contribution in [3.63, 3.8) is 0 Å². The highest BCUT2D eigenvalue weighted by Crippen LogP contribution is 2.31. The highest BCUT2D eigenvalue weighted by molar-refractivity contribution is 5.41. The number of aryl methyl sites for hydroxylation is 2. The van der Waals surface area contributed by atoms with Crippen molar-refractivity contribution < 1.29 is 45.3 Å². The highest BCUT2D eigenvalue weighted by Gasteiger charge is 2.44. The Morgan fingerprint density at radius 3 is 2.38 bits per heavy atom. The third kappa shape index (κ3) is 7.49. The normalized spacial score (nSPS) is 14.6. The molecule has 1 N–H and O–H groups in total. The summed E-state index contributed by atoms with van der Waals surface area (Å²) in [5, 5.41) is 9.72. The topological polar surface area (TPSA) is 67.7 Å². The zero-order valence-corrected chi connectivity index (χ0v) is 20.3. The first-order valence-corrected chi connectivity index (χ1v) is 12.0. The Balaban J connectivity index is 1.58. The number of benzene rings is 2. The Bertz CT molecular complexity index is 1270. The molecule has 1 heterocycles. The van der Waals surface area contributed by atoms with Gasteiger partial charge in [-0.3, -0.25) is 0 Å². The molecular formula is C26H24F7N3O3. The lowest BCUT2D eigenvalue weighted by molar-refractivity contribution is -0.253. The molecule has 0 radical (unpaired) electrons. The summed E-state index contributed by atoms with van der Waals surface area (Å²) >= 11 is 0. The molecule has 1 aliphatic carbocycles. The van der Waals surface area contributed by atoms with Crippen LogP contribution in [0.3, 0.4) is 0 Å². The van der Waals surface area contributed by atoms with Crippen LogP contribution in [0.5, 0.6) is 17.4 Å². The smallest absolute Gasteiger partial charge is 0.439 e. The van der Waals surface area contributed by atoms with Crippen LogP contribution in [0.1, 0.15) is 29.5 Å². The molecule has 0 aliphatic heterocycles. The fourth-order valence-electron chi connectivity index (χ4n) is 4.09. The molecule has 210 valence electrons. The van der Waals surface area contributed by atoms with E-state index in [9.17, 15) is 35.8 Å². The first kappa shape index (κ1) is 28.4. The van der Waals surface area contributed by atoms with Crippen LogP contribution in [0.4, 0.5) is 36.7 Å². The predicted octanol–water partition coefficient (Wildman–Crippen LogP) is 6.31. The second-order valence-corrected chi connectivity index (χ2v) is 8.98. The van der Waals surface area contributed by atoms with Crippen LogP contribution >= 0.6 is 0 Å². The molecule has 13 heteroatoms. The average molecular weight is 559 g/mol. The molecule has 0 fully saturated rings. The van der Waals surface area contributed by atoms with E-state index in [0.29, 0.717) is 5.75 Å². The van der Waals surface area contributed by atoms with E-state index >= 15 is 0 Å². The minimum Gasteiger partial charge on any atom is -0.439 e. The molecular weight excluding hydrogens is 535 g/mol. The van der Waals surface area contributed by atoms with E-state index in [1.165, 1.54) is 30.0 Å². The third-order valence-corrected chi connectivity index (χ3v) is 5.99. The van der Waals surface area contributed by atoms with Gasteiger partial charge in [0.25, 0.3) is 0 Å². The first-order chi connectivity index (χ1) is 18.4. The van der Waals surface area contributed by atoms with E-state index < -0.39 is 43.7 Å². The molecule has 0 unspecified atom stereocenters. The summed E-state index contributed by atoms with van der Waals surface area (Å²) in [5.74, 6) is -0.375. The molecule has 0 spiro atoms. The quantitative estimate of drug-likeness (QED) is 0.294. The number of rotatable bonds is 10. The number of halogens is 7. The van der Waals surface area contributed by atoms with Crippen LogP contribution in [-0.4, -0.2) is 46.4 Å². The van der Waals surface area contributed by atoms with Crippen LogP contribution in [0.25, 0.3) is 0 Å². The fourth-order valence-corrected chi connectivity index (χ4v) is 4.09. The second kappa shape index (κ2) is 11.6. The Kier molecular flexibility index (Phi) is 8.48. The van der Waals surface area contributed by atoms with E-state index in [4.69, 9.17) is 4.74 Å². The van der Waals surface area contributed by atoms with E-state index in [2.05, 4.69) is 14.7 Å². The van der Waals surface area contributed by atoms with Gasteiger partial charge in [-0.05, 0) is 66.6 Å². The zero-order valence-electron chi connectivity index (χ0n) is 20.3. The van der Waals surface area contributed by atoms with Gasteiger partial charge in [0.1, 0.15) is 11.5 Å². The molecule has 3 aromatic rings. The van der Waals surface area contributed by atoms with Gasteiger partial charge in [-0.15, -0.1) is 0 Å². The van der Waals surface area contributed by atoms with Crippen molar-refractivity contribution in [2.24, 2.45) is 0 Å². The van der Waals surface area contributed by atoms with Crippen molar-refractivity contribution in [3.8, 4) is 17.4 Å². The van der Waals surface area contributed by atoms with Gasteiger partial charge in [-0.25, -0.2) is 4.98 Å². The summed E-state index contributed by atoms with van der Waals surface area (Å²) in [6, 6.07) is 11.5. The SMILES string of the molecule is O[C@H](CN(Cc1cccc(OC(F)(F)C(F)F)c1)c1nccc(Oc2ccc3c(c2)CCCC3)n1)C(F)(F)F. The molecule has 2 aromatic carbocycles. The van der Waals surface area contributed by atoms with Crippen molar-refractivity contribution >= 4 is 5.95 Å². The number of hydrogen-bond acceptors (Lipinski definition) is 6. The van der Waals surface area contributed by atoms with Gasteiger partial charge in [0.15, 0.2) is 6.10 Å². The first-order valence-electron chi connectivity index (χ1n) is 12.0. The molecule has 4 rings (SSSR count). The number of ether oxygens (including phenoxy) is 2. The summed E-state index contributed by atoms with van der Waals surface area (Å²) in [4.78, 5) is 9.13. The number of aliphatic hydroxyl groups excluding tert-OH is 1. The second-order valence-electron chi connectivity index (χ2n) is 8.98. The lowest BCUT2D eigenvalue weighted by Crippen LogP contribution is -2.41. The van der Waals surface area contributed by atoms with Crippen LogP contribution in [-0.2, 0) is 19.4 Å². The standard InChI is InChI=1S/C26H24F7N3O3/c27-23(28)26(32,33)39-20-7-3-4-16(12-20)14-36(15-21(37)25(29,30)31)24-34-11-10-22(35-24)38-19-9-8-17-5-1-2-6-18(17)13-19/h3-4,7-13,21,23,37H,1-2,5-6,14-15H2/t21-/m1/s1. The van der Waals surface area contributed by atoms with E-state index in [0.717, 1.165) is 48.3 Å². The van der Waals surface area contributed by atoms with E-state index in [1.54, 1.807) is 6.07 Å². The number of fused-ring (bicyclic) bond motifs is 1. The Morgan fingerprint density at radius 2 is 1.67 bits per heavy atom. The lowest BCUT2D eigenvalue weighted by Gasteiger charge is -2.27. The Morgan fingerprint density at radius 1 is 0.923 bits per heavy atom. The van der Waals surface area contributed by atoms with Gasteiger partial charge in [-0.1, -0.05) is 18.2 Å². The van der Waals surface area contributed by atoms with Crippen molar-refractivity contribution in [2.75, 3.05) is 11.4 Å². The maximum absolute atomic E-state index is 13.3. The van der Waals surface area contributed by atoms with Crippen LogP contribution < -0.4 is 14.4 Å². The van der Waals surface area contributed by atoms with Gasteiger partial charge in [0.2, 0.25) is 11.8 Å². The summed E-state index contributed by atoms with van der Waals surface area (Å²) in [7, 11) is 0. The van der Waals surface area contributed by atoms with Crippen LogP contribution in [0.2, 0.25) is 0 Å². The molecule has 0 amide bonds. The van der Waals surface area contributed by atoms with Crippen LogP contribution in [0.15, 0.2) is 54.7 Å². The minimum absolute atomic E-state index is 0.0240. The van der Waals surface area contributed by atoms with Gasteiger partial charge >= 0.3 is 18.7 Å². The largest absolute Gasteiger partial charge is 0.461 e. The van der Waals surface area contributed by atoms with Gasteiger partial charge in [-0.2, -0.15) is 35.7 Å². The average Bonchev–Trinajstić information content (AvgIpc) is 2.87. The molecule has 39 heavy (non-hydrogen) atoms. The summed E-state index contributed by atoms with van der Waals surface area (Å²) in [6.45, 7) is -1.42. The fraction of sp³-hybridized carbons (Fsp3) is 0.385. The summed E-state index contributed by atoms with van der Waals surface area (Å²) < 4.78 is 101. The van der Waals surface area contributed by atoms with Gasteiger partial charge in [0, 0.05) is 18.8 Å². The third-order valence-electron chi connectivity index (χ3n) is 5.99. The minimum atomic E-state index is -4.97. The predicted molar refractivity (Wildman–Crippen MR) is 126 cm³/mol. The van der Waals surface area contributed by atoms with Gasteiger partial charge in [0.05, 0.1) is 6.54 Å².